The van der Waals surface area contributed by atoms with Gasteiger partial charge < -0.3 is 9.30 Å². The first-order valence-corrected chi connectivity index (χ1v) is 11.8. The Morgan fingerprint density at radius 3 is 2.71 bits per heavy atom. The van der Waals surface area contributed by atoms with Crippen molar-refractivity contribution >= 4 is 5.52 Å². The second-order valence-electron chi connectivity index (χ2n) is 9.11. The molecule has 0 aromatic carbocycles. The van der Waals surface area contributed by atoms with Gasteiger partial charge in [0.2, 0.25) is 0 Å². The Morgan fingerprint density at radius 2 is 1.97 bits per heavy atom. The number of hydrogen-bond donors (Lipinski definition) is 0. The summed E-state index contributed by atoms with van der Waals surface area (Å²) >= 11 is 0. The number of aromatic nitrogens is 3. The Hall–Kier alpha value is -2.40. The number of hydrogen-bond acceptors (Lipinski definition) is 3. The van der Waals surface area contributed by atoms with E-state index in [9.17, 15) is 4.79 Å². The van der Waals surface area contributed by atoms with Gasteiger partial charge in [-0.2, -0.15) is 0 Å². The Morgan fingerprint density at radius 1 is 1.19 bits per heavy atom. The van der Waals surface area contributed by atoms with Crippen molar-refractivity contribution in [3.8, 4) is 0 Å². The molecule has 5 nitrogen and oxygen atoms in total. The lowest BCUT2D eigenvalue weighted by molar-refractivity contribution is 0.0835. The van der Waals surface area contributed by atoms with Gasteiger partial charge in [0.1, 0.15) is 11.3 Å². The van der Waals surface area contributed by atoms with Gasteiger partial charge in [-0.05, 0) is 38.5 Å². The summed E-state index contributed by atoms with van der Waals surface area (Å²) in [6.45, 7) is 8.21. The summed E-state index contributed by atoms with van der Waals surface area (Å²) in [4.78, 5) is 18.3. The molecule has 31 heavy (non-hydrogen) atoms. The van der Waals surface area contributed by atoms with E-state index in [0.29, 0.717) is 17.4 Å². The molecule has 0 spiro atoms. The van der Waals surface area contributed by atoms with Gasteiger partial charge in [0.05, 0.1) is 6.20 Å². The molecule has 0 unspecified atom stereocenters. The zero-order valence-corrected chi connectivity index (χ0v) is 18.8. The first-order chi connectivity index (χ1) is 15.2. The molecule has 0 bridgehead atoms. The number of allylic oxidation sites excluding steroid dienone is 5. The Labute approximate surface area is 185 Å². The largest absolute Gasteiger partial charge is 0.381 e. The highest BCUT2D eigenvalue weighted by Gasteiger charge is 2.23. The van der Waals surface area contributed by atoms with Crippen molar-refractivity contribution in [2.24, 2.45) is 5.92 Å². The van der Waals surface area contributed by atoms with Crippen molar-refractivity contribution < 1.29 is 4.74 Å². The summed E-state index contributed by atoms with van der Waals surface area (Å²) in [6.07, 6.45) is 20.8. The Kier molecular flexibility index (Phi) is 7.23. The van der Waals surface area contributed by atoms with Crippen molar-refractivity contribution in [3.63, 3.8) is 0 Å². The molecule has 2 aromatic rings. The highest BCUT2D eigenvalue weighted by Crippen LogP contribution is 2.28. The van der Waals surface area contributed by atoms with Crippen LogP contribution in [0.4, 0.5) is 0 Å². The number of imidazole rings is 1. The third-order valence-corrected chi connectivity index (χ3v) is 6.75. The summed E-state index contributed by atoms with van der Waals surface area (Å²) in [5, 5.41) is 0. The fourth-order valence-electron chi connectivity index (χ4n) is 5.03. The maximum atomic E-state index is 13.6. The number of ether oxygens (including phenoxy) is 1. The van der Waals surface area contributed by atoms with Gasteiger partial charge in [-0.25, -0.2) is 4.98 Å². The average Bonchev–Trinajstić information content (AvgIpc) is 3.22. The summed E-state index contributed by atoms with van der Waals surface area (Å²) in [6, 6.07) is 0. The van der Waals surface area contributed by atoms with Crippen LogP contribution in [0.5, 0.6) is 0 Å². The van der Waals surface area contributed by atoms with E-state index in [-0.39, 0.29) is 5.56 Å². The van der Waals surface area contributed by atoms with Crippen molar-refractivity contribution in [1.82, 2.24) is 14.0 Å². The SMILES string of the molecule is C=C/C=C\C=C(/C)Cc1cn2c(C3CCOCC3)ncc2c(=O)n1CC1CCCCC1. The lowest BCUT2D eigenvalue weighted by Crippen LogP contribution is -2.30. The molecular formula is C26H35N3O2. The minimum atomic E-state index is 0.100. The lowest BCUT2D eigenvalue weighted by atomic mass is 9.89. The van der Waals surface area contributed by atoms with E-state index in [0.717, 1.165) is 50.5 Å². The standard InChI is InChI=1S/C26H35N3O2/c1-3-4-6-9-20(2)16-23-19-29-24(17-27-25(29)22-12-14-31-15-13-22)26(30)28(23)18-21-10-7-5-8-11-21/h3-4,6,9,17,19,21-22H,1,5,7-8,10-16,18H2,2H3/b6-4-,20-9+. The van der Waals surface area contributed by atoms with Crippen LogP contribution in [0.3, 0.4) is 0 Å². The van der Waals surface area contributed by atoms with Crippen LogP contribution in [0.25, 0.3) is 5.52 Å². The van der Waals surface area contributed by atoms with E-state index < -0.39 is 0 Å². The van der Waals surface area contributed by atoms with Crippen LogP contribution < -0.4 is 5.56 Å². The van der Waals surface area contributed by atoms with Crippen molar-refractivity contribution in [3.05, 3.63) is 70.7 Å². The molecule has 4 rings (SSSR count). The molecule has 1 aliphatic heterocycles. The molecule has 1 saturated heterocycles. The monoisotopic (exact) mass is 421 g/mol. The molecule has 5 heteroatoms. The third kappa shape index (κ3) is 5.09. The van der Waals surface area contributed by atoms with Crippen LogP contribution >= 0.6 is 0 Å². The predicted molar refractivity (Wildman–Crippen MR) is 126 cm³/mol. The fraction of sp³-hybridized carbons (Fsp3) is 0.538. The topological polar surface area (TPSA) is 48.5 Å². The van der Waals surface area contributed by atoms with Gasteiger partial charge in [-0.15, -0.1) is 0 Å². The summed E-state index contributed by atoms with van der Waals surface area (Å²) in [5.41, 5.74) is 3.11. The van der Waals surface area contributed by atoms with Gasteiger partial charge in [-0.3, -0.25) is 9.20 Å². The zero-order chi connectivity index (χ0) is 21.6. The molecule has 0 amide bonds. The minimum absolute atomic E-state index is 0.100. The molecule has 3 heterocycles. The second kappa shape index (κ2) is 10.3. The van der Waals surface area contributed by atoms with Gasteiger partial charge in [0, 0.05) is 44.0 Å². The van der Waals surface area contributed by atoms with E-state index in [1.165, 1.54) is 37.7 Å². The number of nitrogens with zero attached hydrogens (tertiary/aromatic N) is 3. The first kappa shape index (κ1) is 21.8. The van der Waals surface area contributed by atoms with Gasteiger partial charge in [0.25, 0.3) is 5.56 Å². The first-order valence-electron chi connectivity index (χ1n) is 11.8. The van der Waals surface area contributed by atoms with E-state index in [1.54, 1.807) is 12.3 Å². The van der Waals surface area contributed by atoms with E-state index >= 15 is 0 Å². The van der Waals surface area contributed by atoms with Gasteiger partial charge in [0.15, 0.2) is 0 Å². The van der Waals surface area contributed by atoms with E-state index in [4.69, 9.17) is 9.72 Å². The molecular weight excluding hydrogens is 386 g/mol. The maximum absolute atomic E-state index is 13.6. The van der Waals surface area contributed by atoms with Crippen LogP contribution in [0.15, 0.2) is 53.6 Å². The molecule has 166 valence electrons. The Balaban J connectivity index is 1.74. The normalized spacial score (nSPS) is 19.5. The lowest BCUT2D eigenvalue weighted by Gasteiger charge is -2.25. The van der Waals surface area contributed by atoms with Crippen LogP contribution in [0.1, 0.15) is 69.3 Å². The molecule has 1 saturated carbocycles. The number of fused-ring (bicyclic) bond motifs is 1. The van der Waals surface area contributed by atoms with Crippen LogP contribution in [-0.2, 0) is 17.7 Å². The predicted octanol–water partition coefficient (Wildman–Crippen LogP) is 5.20. The summed E-state index contributed by atoms with van der Waals surface area (Å²) in [7, 11) is 0. The van der Waals surface area contributed by atoms with Crippen LogP contribution in [-0.4, -0.2) is 27.2 Å². The van der Waals surface area contributed by atoms with Crippen molar-refractivity contribution in [2.45, 2.75) is 70.8 Å². The molecule has 0 N–H and O–H groups in total. The number of rotatable bonds is 7. The summed E-state index contributed by atoms with van der Waals surface area (Å²) in [5.74, 6) is 1.95. The molecule has 2 aromatic heterocycles. The van der Waals surface area contributed by atoms with Crippen molar-refractivity contribution in [1.29, 1.82) is 0 Å². The quantitative estimate of drug-likeness (QED) is 0.577. The molecule has 2 fully saturated rings. The smallest absolute Gasteiger partial charge is 0.276 e. The molecule has 1 aliphatic carbocycles. The third-order valence-electron chi connectivity index (χ3n) is 6.75. The van der Waals surface area contributed by atoms with Gasteiger partial charge >= 0.3 is 0 Å². The highest BCUT2D eigenvalue weighted by molar-refractivity contribution is 5.45. The highest BCUT2D eigenvalue weighted by atomic mass is 16.5. The van der Waals surface area contributed by atoms with Gasteiger partial charge in [-0.1, -0.05) is 55.7 Å². The average molecular weight is 422 g/mol. The maximum Gasteiger partial charge on any atom is 0.276 e. The van der Waals surface area contributed by atoms with E-state index in [1.807, 2.05) is 16.7 Å². The zero-order valence-electron chi connectivity index (χ0n) is 18.8. The molecule has 0 radical (unpaired) electrons. The summed E-state index contributed by atoms with van der Waals surface area (Å²) < 4.78 is 9.64. The fourth-order valence-corrected chi connectivity index (χ4v) is 5.03. The molecule has 2 aliphatic rings. The van der Waals surface area contributed by atoms with E-state index in [2.05, 4.69) is 30.2 Å². The van der Waals surface area contributed by atoms with Crippen LogP contribution in [0.2, 0.25) is 0 Å². The molecule has 0 atom stereocenters. The second-order valence-corrected chi connectivity index (χ2v) is 9.11. The van der Waals surface area contributed by atoms with Crippen LogP contribution in [0, 0.1) is 5.92 Å². The Bertz CT molecular complexity index is 1020. The minimum Gasteiger partial charge on any atom is -0.381 e. The van der Waals surface area contributed by atoms with Crippen molar-refractivity contribution in [2.75, 3.05) is 13.2 Å².